The van der Waals surface area contributed by atoms with Gasteiger partial charge in [0, 0.05) is 0 Å². The van der Waals surface area contributed by atoms with Crippen LogP contribution in [-0.4, -0.2) is 22.2 Å². The van der Waals surface area contributed by atoms with E-state index in [9.17, 15) is 9.59 Å². The molecule has 0 spiro atoms. The summed E-state index contributed by atoms with van der Waals surface area (Å²) >= 11 is 0. The fraction of sp³-hybridized carbons (Fsp3) is 0.375. The van der Waals surface area contributed by atoms with Crippen LogP contribution in [0.2, 0.25) is 0 Å². The lowest BCUT2D eigenvalue weighted by atomic mass is 9.83. The highest BCUT2D eigenvalue weighted by Gasteiger charge is 2.40. The van der Waals surface area contributed by atoms with Gasteiger partial charge in [0.2, 0.25) is 0 Å². The number of allylic oxidation sites excluding steroid dienone is 1. The zero-order chi connectivity index (χ0) is 10.5. The number of carboxylic acid groups (broad SMARTS) is 2. The molecule has 0 amide bonds. The molecule has 0 aliphatic rings. The summed E-state index contributed by atoms with van der Waals surface area (Å²) in [5.74, 6) is -2.75. The first-order valence-corrected chi connectivity index (χ1v) is 3.46. The van der Waals surface area contributed by atoms with E-state index in [2.05, 4.69) is 6.58 Å². The van der Waals surface area contributed by atoms with Crippen LogP contribution in [0.4, 0.5) is 0 Å². The Hall–Kier alpha value is -1.83. The Balaban J connectivity index is 4.88. The summed E-state index contributed by atoms with van der Waals surface area (Å²) in [4.78, 5) is 20.9. The third kappa shape index (κ3) is 2.60. The van der Waals surface area contributed by atoms with Crippen LogP contribution >= 0.6 is 0 Å². The first kappa shape index (κ1) is 11.2. The molecule has 2 N–H and O–H groups in total. The average Bonchev–Trinajstić information content (AvgIpc) is 2.02. The summed E-state index contributed by atoms with van der Waals surface area (Å²) in [5.41, 5.74) is -1.88. The third-order valence-corrected chi connectivity index (χ3v) is 1.57. The molecule has 5 nitrogen and oxygen atoms in total. The highest BCUT2D eigenvalue weighted by molar-refractivity contribution is 5.84. The van der Waals surface area contributed by atoms with Crippen LogP contribution in [0.25, 0.3) is 0 Å². The quantitative estimate of drug-likeness (QED) is 0.609. The largest absolute Gasteiger partial charge is 0.481 e. The van der Waals surface area contributed by atoms with Crippen molar-refractivity contribution in [1.82, 2.24) is 0 Å². The maximum atomic E-state index is 10.6. The van der Waals surface area contributed by atoms with Gasteiger partial charge < -0.3 is 10.2 Å². The number of nitriles is 1. The van der Waals surface area contributed by atoms with Gasteiger partial charge in [0.1, 0.15) is 0 Å². The van der Waals surface area contributed by atoms with Crippen molar-refractivity contribution in [3.05, 3.63) is 12.7 Å². The van der Waals surface area contributed by atoms with E-state index in [1.807, 2.05) is 0 Å². The summed E-state index contributed by atoms with van der Waals surface area (Å²) < 4.78 is 0. The summed E-state index contributed by atoms with van der Waals surface area (Å²) in [7, 11) is 0. The van der Waals surface area contributed by atoms with Gasteiger partial charge in [-0.2, -0.15) is 5.26 Å². The number of nitrogens with zero attached hydrogens (tertiary/aromatic N) is 1. The molecule has 0 bridgehead atoms. The monoisotopic (exact) mass is 183 g/mol. The Morgan fingerprint density at radius 1 is 1.54 bits per heavy atom. The lowest BCUT2D eigenvalue weighted by molar-refractivity contribution is -0.152. The smallest absolute Gasteiger partial charge is 0.324 e. The minimum absolute atomic E-state index is 0.175. The number of carboxylic acids is 2. The van der Waals surface area contributed by atoms with Gasteiger partial charge in [-0.1, -0.05) is 6.08 Å². The molecule has 0 aromatic heterocycles. The Bertz CT molecular complexity index is 278. The van der Waals surface area contributed by atoms with E-state index < -0.39 is 23.8 Å². The summed E-state index contributed by atoms with van der Waals surface area (Å²) in [6, 6.07) is 1.50. The predicted octanol–water partition coefficient (Wildman–Crippen LogP) is 0.632. The van der Waals surface area contributed by atoms with Crippen LogP contribution in [0, 0.1) is 16.7 Å². The minimum atomic E-state index is -1.88. The molecule has 70 valence electrons. The number of hydrogen-bond donors (Lipinski definition) is 2. The number of carbonyl (C=O) groups is 2. The van der Waals surface area contributed by atoms with Crippen LogP contribution in [-0.2, 0) is 9.59 Å². The van der Waals surface area contributed by atoms with Gasteiger partial charge in [0.25, 0.3) is 0 Å². The Labute approximate surface area is 74.9 Å². The van der Waals surface area contributed by atoms with Crippen molar-refractivity contribution in [2.45, 2.75) is 12.8 Å². The fourth-order valence-electron chi connectivity index (χ4n) is 0.873. The van der Waals surface area contributed by atoms with Crippen molar-refractivity contribution < 1.29 is 19.8 Å². The van der Waals surface area contributed by atoms with Crippen LogP contribution in [0.3, 0.4) is 0 Å². The third-order valence-electron chi connectivity index (χ3n) is 1.57. The molecule has 5 heteroatoms. The molecule has 0 rings (SSSR count). The van der Waals surface area contributed by atoms with E-state index in [0.717, 1.165) is 0 Å². The van der Waals surface area contributed by atoms with Gasteiger partial charge in [-0.05, 0) is 6.42 Å². The van der Waals surface area contributed by atoms with Crippen molar-refractivity contribution >= 4 is 11.9 Å². The number of aliphatic carboxylic acids is 2. The molecule has 0 heterocycles. The summed E-state index contributed by atoms with van der Waals surface area (Å²) in [6.07, 6.45) is 0.330. The van der Waals surface area contributed by atoms with Crippen LogP contribution in [0.5, 0.6) is 0 Å². The van der Waals surface area contributed by atoms with Gasteiger partial charge in [-0.15, -0.1) is 6.58 Å². The van der Waals surface area contributed by atoms with Crippen molar-refractivity contribution in [2.75, 3.05) is 0 Å². The zero-order valence-electron chi connectivity index (χ0n) is 6.86. The van der Waals surface area contributed by atoms with E-state index in [1.54, 1.807) is 0 Å². The lowest BCUT2D eigenvalue weighted by Crippen LogP contribution is -2.31. The van der Waals surface area contributed by atoms with Crippen LogP contribution < -0.4 is 0 Å². The molecule has 0 radical (unpaired) electrons. The predicted molar refractivity (Wildman–Crippen MR) is 42.7 cm³/mol. The lowest BCUT2D eigenvalue weighted by Gasteiger charge is -2.16. The van der Waals surface area contributed by atoms with Crippen LogP contribution in [0.1, 0.15) is 12.8 Å². The second kappa shape index (κ2) is 4.26. The normalized spacial score (nSPS) is 13.8. The molecule has 0 aromatic rings. The van der Waals surface area contributed by atoms with Gasteiger partial charge in [-0.3, -0.25) is 9.59 Å². The molecule has 1 atom stereocenters. The summed E-state index contributed by atoms with van der Waals surface area (Å²) in [6.45, 7) is 3.28. The molecule has 0 aliphatic heterocycles. The molecule has 0 aromatic carbocycles. The van der Waals surface area contributed by atoms with E-state index in [1.165, 1.54) is 12.1 Å². The maximum Gasteiger partial charge on any atom is 0.324 e. The molecule has 0 saturated heterocycles. The molecular weight excluding hydrogens is 174 g/mol. The van der Waals surface area contributed by atoms with Gasteiger partial charge in [0.15, 0.2) is 5.41 Å². The van der Waals surface area contributed by atoms with Crippen molar-refractivity contribution in [2.24, 2.45) is 5.41 Å². The highest BCUT2D eigenvalue weighted by Crippen LogP contribution is 2.26. The second-order valence-electron chi connectivity index (χ2n) is 2.56. The van der Waals surface area contributed by atoms with Gasteiger partial charge in [0.05, 0.1) is 12.5 Å². The molecule has 0 saturated carbocycles. The van der Waals surface area contributed by atoms with Crippen molar-refractivity contribution in [3.8, 4) is 6.07 Å². The number of rotatable bonds is 5. The van der Waals surface area contributed by atoms with E-state index in [-0.39, 0.29) is 6.42 Å². The molecule has 13 heavy (non-hydrogen) atoms. The average molecular weight is 183 g/mol. The Morgan fingerprint density at radius 3 is 2.31 bits per heavy atom. The first-order chi connectivity index (χ1) is 5.98. The standard InChI is InChI=1S/C8H9NO4/c1-2-3-8(5-9,7(12)13)4-6(10)11/h2H,1,3-4H2,(H,10,11)(H,12,13). The van der Waals surface area contributed by atoms with E-state index in [0.29, 0.717) is 0 Å². The highest BCUT2D eigenvalue weighted by atomic mass is 16.4. The van der Waals surface area contributed by atoms with Gasteiger partial charge in [-0.25, -0.2) is 0 Å². The van der Waals surface area contributed by atoms with Crippen LogP contribution in [0.15, 0.2) is 12.7 Å². The zero-order valence-corrected chi connectivity index (χ0v) is 6.86. The minimum Gasteiger partial charge on any atom is -0.481 e. The topological polar surface area (TPSA) is 98.4 Å². The van der Waals surface area contributed by atoms with E-state index in [4.69, 9.17) is 15.5 Å². The number of hydrogen-bond acceptors (Lipinski definition) is 3. The molecule has 0 fully saturated rings. The molecule has 1 unspecified atom stereocenters. The summed E-state index contributed by atoms with van der Waals surface area (Å²) in [5, 5.41) is 25.7. The SMILES string of the molecule is C=CCC(C#N)(CC(=O)O)C(=O)O. The van der Waals surface area contributed by atoms with E-state index >= 15 is 0 Å². The second-order valence-corrected chi connectivity index (χ2v) is 2.56. The molecular formula is C8H9NO4. The Morgan fingerprint density at radius 2 is 2.08 bits per heavy atom. The van der Waals surface area contributed by atoms with Gasteiger partial charge >= 0.3 is 11.9 Å². The molecule has 0 aliphatic carbocycles. The maximum absolute atomic E-state index is 10.6. The Kier molecular flexibility index (Phi) is 3.66. The van der Waals surface area contributed by atoms with Crippen molar-refractivity contribution in [3.63, 3.8) is 0 Å². The first-order valence-electron chi connectivity index (χ1n) is 3.46. The fourth-order valence-corrected chi connectivity index (χ4v) is 0.873. The van der Waals surface area contributed by atoms with Crippen molar-refractivity contribution in [1.29, 1.82) is 5.26 Å².